The quantitative estimate of drug-likeness (QED) is 0.619. The standard InChI is InChI=1S/C29H35FN4O3/c1-3-27(35)33-9-5-26(24(30)16-33)34-14-21(15-34)20-12-18(2)28-25(13-20)32-29-23(17-37-28)22(4-8-31-29)19-6-10-36-11-7-19/h3-4,8,12-13,19,21,24,26H,1,5-7,9-11,14-17H2,2H3,(H,31,32)/t24-,26+/m1/s1. The minimum atomic E-state index is -1.03. The molecular formula is C29H35FN4O3. The van der Waals surface area contributed by atoms with Gasteiger partial charge in [0.05, 0.1) is 12.2 Å². The molecule has 5 heterocycles. The first kappa shape index (κ1) is 24.4. The second kappa shape index (κ2) is 10.1. The van der Waals surface area contributed by atoms with Crippen molar-refractivity contribution in [3.63, 3.8) is 0 Å². The average Bonchev–Trinajstić information content (AvgIpc) is 3.08. The van der Waals surface area contributed by atoms with E-state index in [1.165, 1.54) is 17.2 Å². The third-order valence-corrected chi connectivity index (χ3v) is 8.51. The van der Waals surface area contributed by atoms with Crippen molar-refractivity contribution in [3.8, 4) is 5.75 Å². The highest BCUT2D eigenvalue weighted by Gasteiger charge is 2.41. The van der Waals surface area contributed by atoms with Gasteiger partial charge in [0.25, 0.3) is 0 Å². The summed E-state index contributed by atoms with van der Waals surface area (Å²) in [5.74, 6) is 2.37. The van der Waals surface area contributed by atoms with E-state index < -0.39 is 6.17 Å². The van der Waals surface area contributed by atoms with Crippen LogP contribution in [0.2, 0.25) is 0 Å². The molecule has 0 spiro atoms. The molecule has 8 heteroatoms. The van der Waals surface area contributed by atoms with Crippen LogP contribution in [0.3, 0.4) is 0 Å². The lowest BCUT2D eigenvalue weighted by Gasteiger charge is -2.48. The van der Waals surface area contributed by atoms with Crippen LogP contribution in [0.1, 0.15) is 53.4 Å². The lowest BCUT2D eigenvalue weighted by atomic mass is 9.86. The number of aromatic nitrogens is 1. The SMILES string of the molecule is C=CC(=O)N1CC[C@H](N2CC(c3cc(C)c4c(c3)Nc3nccc(C5CCOCC5)c3CO4)C2)[C@H](F)C1. The number of fused-ring (bicyclic) bond motifs is 2. The fourth-order valence-electron chi connectivity index (χ4n) is 6.38. The lowest BCUT2D eigenvalue weighted by molar-refractivity contribution is -0.130. The minimum absolute atomic E-state index is 0.131. The van der Waals surface area contributed by atoms with E-state index in [9.17, 15) is 9.18 Å². The fraction of sp³-hybridized carbons (Fsp3) is 0.517. The molecule has 1 aromatic heterocycles. The number of alkyl halides is 1. The summed E-state index contributed by atoms with van der Waals surface area (Å²) in [5.41, 5.74) is 5.73. The van der Waals surface area contributed by atoms with Crippen molar-refractivity contribution in [3.05, 3.63) is 59.3 Å². The van der Waals surface area contributed by atoms with Gasteiger partial charge in [0, 0.05) is 56.6 Å². The molecule has 4 aliphatic rings. The summed E-state index contributed by atoms with van der Waals surface area (Å²) < 4.78 is 26.9. The monoisotopic (exact) mass is 506 g/mol. The van der Waals surface area contributed by atoms with Crippen LogP contribution >= 0.6 is 0 Å². The van der Waals surface area contributed by atoms with Crippen molar-refractivity contribution in [2.75, 3.05) is 44.7 Å². The summed E-state index contributed by atoms with van der Waals surface area (Å²) in [5, 5.41) is 3.58. The van der Waals surface area contributed by atoms with E-state index in [-0.39, 0.29) is 18.5 Å². The highest BCUT2D eigenvalue weighted by molar-refractivity contribution is 5.87. The van der Waals surface area contributed by atoms with Crippen LogP contribution in [0, 0.1) is 6.92 Å². The first-order chi connectivity index (χ1) is 18.0. The zero-order valence-electron chi connectivity index (χ0n) is 21.4. The zero-order chi connectivity index (χ0) is 25.5. The number of piperidine rings is 1. The summed E-state index contributed by atoms with van der Waals surface area (Å²) in [6.45, 7) is 10.1. The molecule has 0 saturated carbocycles. The smallest absolute Gasteiger partial charge is 0.246 e. The van der Waals surface area contributed by atoms with Crippen molar-refractivity contribution in [2.24, 2.45) is 0 Å². The number of rotatable bonds is 4. The first-order valence-electron chi connectivity index (χ1n) is 13.4. The van der Waals surface area contributed by atoms with Crippen molar-refractivity contribution in [1.82, 2.24) is 14.8 Å². The number of nitrogens with zero attached hydrogens (tertiary/aromatic N) is 3. The van der Waals surface area contributed by atoms with Gasteiger partial charge in [0.2, 0.25) is 5.91 Å². The molecule has 0 aliphatic carbocycles. The minimum Gasteiger partial charge on any atom is -0.486 e. The van der Waals surface area contributed by atoms with Gasteiger partial charge in [-0.1, -0.05) is 12.6 Å². The molecular weight excluding hydrogens is 471 g/mol. The largest absolute Gasteiger partial charge is 0.486 e. The number of ether oxygens (including phenoxy) is 2. The molecule has 0 unspecified atom stereocenters. The molecule has 1 aromatic carbocycles. The molecule has 196 valence electrons. The van der Waals surface area contributed by atoms with Gasteiger partial charge in [0.1, 0.15) is 24.3 Å². The maximum absolute atomic E-state index is 14.9. The molecule has 3 saturated heterocycles. The van der Waals surface area contributed by atoms with Crippen LogP contribution in [-0.2, 0) is 16.1 Å². The summed E-state index contributed by atoms with van der Waals surface area (Å²) in [6, 6.07) is 6.39. The number of anilines is 2. The first-order valence-corrected chi connectivity index (χ1v) is 13.4. The molecule has 0 radical (unpaired) electrons. The van der Waals surface area contributed by atoms with Gasteiger partial charge in [-0.25, -0.2) is 9.37 Å². The van der Waals surface area contributed by atoms with Crippen LogP contribution in [0.25, 0.3) is 0 Å². The van der Waals surface area contributed by atoms with Crippen LogP contribution < -0.4 is 10.1 Å². The number of benzene rings is 1. The summed E-state index contributed by atoms with van der Waals surface area (Å²) in [4.78, 5) is 20.3. The van der Waals surface area contributed by atoms with Crippen LogP contribution in [-0.4, -0.2) is 72.3 Å². The number of likely N-dealkylation sites (tertiary alicyclic amines) is 2. The number of nitrogens with one attached hydrogen (secondary N) is 1. The van der Waals surface area contributed by atoms with Crippen LogP contribution in [0.15, 0.2) is 37.1 Å². The Kier molecular flexibility index (Phi) is 6.63. The number of aryl methyl sites for hydroxylation is 1. The van der Waals surface area contributed by atoms with Gasteiger partial charge >= 0.3 is 0 Å². The Bertz CT molecular complexity index is 1190. The predicted octanol–water partition coefficient (Wildman–Crippen LogP) is 4.44. The molecule has 2 atom stereocenters. The summed E-state index contributed by atoms with van der Waals surface area (Å²) in [6.07, 6.45) is 4.83. The fourth-order valence-corrected chi connectivity index (χ4v) is 6.38. The number of amides is 1. The third-order valence-electron chi connectivity index (χ3n) is 8.51. The van der Waals surface area contributed by atoms with Crippen LogP contribution in [0.4, 0.5) is 15.9 Å². The van der Waals surface area contributed by atoms with Gasteiger partial charge in [-0.05, 0) is 67.0 Å². The normalized spacial score (nSPS) is 24.6. The van der Waals surface area contributed by atoms with Crippen molar-refractivity contribution in [2.45, 2.75) is 56.8 Å². The Morgan fingerprint density at radius 1 is 1.19 bits per heavy atom. The second-order valence-electron chi connectivity index (χ2n) is 10.8. The van der Waals surface area contributed by atoms with Gasteiger partial charge in [-0.2, -0.15) is 0 Å². The van der Waals surface area contributed by atoms with Crippen molar-refractivity contribution in [1.29, 1.82) is 0 Å². The highest BCUT2D eigenvalue weighted by Crippen LogP contribution is 2.42. The van der Waals surface area contributed by atoms with Gasteiger partial charge < -0.3 is 19.7 Å². The molecule has 2 aromatic rings. The Morgan fingerprint density at radius 3 is 2.76 bits per heavy atom. The Labute approximate surface area is 217 Å². The van der Waals surface area contributed by atoms with Crippen molar-refractivity contribution >= 4 is 17.4 Å². The van der Waals surface area contributed by atoms with Crippen molar-refractivity contribution < 1.29 is 18.7 Å². The van der Waals surface area contributed by atoms with E-state index in [0.29, 0.717) is 31.4 Å². The number of halogens is 1. The molecule has 37 heavy (non-hydrogen) atoms. The van der Waals surface area contributed by atoms with E-state index in [0.717, 1.165) is 67.5 Å². The molecule has 6 rings (SSSR count). The van der Waals surface area contributed by atoms with Gasteiger partial charge in [-0.15, -0.1) is 0 Å². The number of carbonyl (C=O) groups is 1. The van der Waals surface area contributed by atoms with Gasteiger partial charge in [-0.3, -0.25) is 9.69 Å². The Morgan fingerprint density at radius 2 is 2.00 bits per heavy atom. The highest BCUT2D eigenvalue weighted by atomic mass is 19.1. The van der Waals surface area contributed by atoms with E-state index in [1.54, 1.807) is 4.90 Å². The molecule has 3 fully saturated rings. The van der Waals surface area contributed by atoms with E-state index in [4.69, 9.17) is 9.47 Å². The predicted molar refractivity (Wildman–Crippen MR) is 140 cm³/mol. The Balaban J connectivity index is 1.16. The van der Waals surface area contributed by atoms with Gasteiger partial charge in [0.15, 0.2) is 0 Å². The lowest BCUT2D eigenvalue weighted by Crippen LogP contribution is -2.59. The number of pyridine rings is 1. The number of hydrogen-bond acceptors (Lipinski definition) is 6. The number of hydrogen-bond donors (Lipinski definition) is 1. The maximum atomic E-state index is 14.9. The second-order valence-corrected chi connectivity index (χ2v) is 10.8. The summed E-state index contributed by atoms with van der Waals surface area (Å²) in [7, 11) is 0. The molecule has 1 amide bonds. The summed E-state index contributed by atoms with van der Waals surface area (Å²) >= 11 is 0. The van der Waals surface area contributed by atoms with Crippen LogP contribution in [0.5, 0.6) is 5.75 Å². The molecule has 4 aliphatic heterocycles. The number of carbonyl (C=O) groups excluding carboxylic acids is 1. The van der Waals surface area contributed by atoms with E-state index >= 15 is 0 Å². The topological polar surface area (TPSA) is 66.9 Å². The average molecular weight is 507 g/mol. The van der Waals surface area contributed by atoms with E-state index in [1.807, 2.05) is 6.20 Å². The Hall–Kier alpha value is -2.97. The zero-order valence-corrected chi connectivity index (χ0v) is 21.4. The third kappa shape index (κ3) is 4.61. The molecule has 7 nitrogen and oxygen atoms in total. The molecule has 1 N–H and O–H groups in total. The maximum Gasteiger partial charge on any atom is 0.246 e. The van der Waals surface area contributed by atoms with E-state index in [2.05, 4.69) is 46.9 Å². The molecule has 0 bridgehead atoms.